The van der Waals surface area contributed by atoms with E-state index < -0.39 is 51.4 Å². The summed E-state index contributed by atoms with van der Waals surface area (Å²) < 4.78 is 61.8. The molecule has 0 amide bonds. The normalized spacial score (nSPS) is 26.6. The summed E-state index contributed by atoms with van der Waals surface area (Å²) in [6, 6.07) is 9.17. The molecule has 0 radical (unpaired) electrons. The molecule has 1 aliphatic carbocycles. The first-order chi connectivity index (χ1) is 20.3. The minimum Gasteiger partial charge on any atom is -0.408 e. The average Bonchev–Trinajstić information content (AvgIpc) is 2.90. The molecular formula is C34H62O7SSi2. The van der Waals surface area contributed by atoms with E-state index in [2.05, 4.69) is 75.4 Å². The number of ether oxygens (including phenoxy) is 2. The summed E-state index contributed by atoms with van der Waals surface area (Å²) in [6.07, 6.45) is 1.76. The summed E-state index contributed by atoms with van der Waals surface area (Å²) in [5.41, 5.74) is 1.67. The molecule has 7 nitrogen and oxygen atoms in total. The van der Waals surface area contributed by atoms with Crippen molar-refractivity contribution in [1.82, 2.24) is 0 Å². The zero-order chi connectivity index (χ0) is 33.1. The van der Waals surface area contributed by atoms with Gasteiger partial charge in [-0.1, -0.05) is 112 Å². The van der Waals surface area contributed by atoms with Crippen LogP contribution in [0.3, 0.4) is 0 Å². The fraction of sp³-hybridized carbons (Fsp3) is 0.824. The third-order valence-electron chi connectivity index (χ3n) is 10.3. The molecule has 1 saturated heterocycles. The lowest BCUT2D eigenvalue weighted by Crippen LogP contribution is -2.66. The van der Waals surface area contributed by atoms with Gasteiger partial charge in [-0.3, -0.25) is 4.18 Å². The van der Waals surface area contributed by atoms with Gasteiger partial charge in [0.15, 0.2) is 20.7 Å². The Morgan fingerprint density at radius 1 is 0.841 bits per heavy atom. The first-order valence-corrected chi connectivity index (χ1v) is 23.5. The van der Waals surface area contributed by atoms with E-state index >= 15 is 0 Å². The molecule has 0 unspecified atom stereocenters. The van der Waals surface area contributed by atoms with Crippen LogP contribution in [-0.4, -0.2) is 61.9 Å². The summed E-state index contributed by atoms with van der Waals surface area (Å²) in [4.78, 5) is 0. The van der Waals surface area contributed by atoms with Gasteiger partial charge in [0.1, 0.15) is 11.9 Å². The first-order valence-electron chi connectivity index (χ1n) is 16.9. The molecule has 44 heavy (non-hydrogen) atoms. The van der Waals surface area contributed by atoms with Gasteiger partial charge < -0.3 is 18.3 Å². The Morgan fingerprint density at radius 2 is 1.39 bits per heavy atom. The Balaban J connectivity index is 2.13. The lowest BCUT2D eigenvalue weighted by molar-refractivity contribution is -0.295. The minimum absolute atomic E-state index is 0.00896. The SMILES string of the molecule is CC(C)[Si](O[C@@H]1[C@@H](O[Si](C)(C)C(C)(C)C)[C@@H](OS(=O)(=O)Cc2ccccc2)[C@@H](OC2CCCCC2)O[C@H]1C)(C(C)C)C(C)C. The lowest BCUT2D eigenvalue weighted by Gasteiger charge is -2.53. The average molecular weight is 671 g/mol. The quantitative estimate of drug-likeness (QED) is 0.153. The zero-order valence-corrected chi connectivity index (χ0v) is 32.4. The monoisotopic (exact) mass is 670 g/mol. The number of hydrogen-bond donors (Lipinski definition) is 0. The summed E-state index contributed by atoms with van der Waals surface area (Å²) in [7, 11) is -8.90. The van der Waals surface area contributed by atoms with Gasteiger partial charge in [-0.25, -0.2) is 0 Å². The van der Waals surface area contributed by atoms with Crippen LogP contribution in [0.15, 0.2) is 30.3 Å². The number of rotatable bonds is 13. The van der Waals surface area contributed by atoms with Crippen molar-refractivity contribution >= 4 is 26.8 Å². The Bertz CT molecular complexity index is 1110. The molecule has 1 aromatic rings. The van der Waals surface area contributed by atoms with Gasteiger partial charge >= 0.3 is 0 Å². The molecule has 0 spiro atoms. The van der Waals surface area contributed by atoms with Crippen LogP contribution in [0.5, 0.6) is 0 Å². The van der Waals surface area contributed by atoms with Crippen molar-refractivity contribution in [3.05, 3.63) is 35.9 Å². The second-order valence-corrected chi connectivity index (χ2v) is 27.4. The number of benzene rings is 1. The van der Waals surface area contributed by atoms with Crippen molar-refractivity contribution in [2.24, 2.45) is 0 Å². The van der Waals surface area contributed by atoms with Crippen molar-refractivity contribution < 1.29 is 30.9 Å². The van der Waals surface area contributed by atoms with Crippen LogP contribution in [-0.2, 0) is 38.4 Å². The van der Waals surface area contributed by atoms with Gasteiger partial charge in [0, 0.05) is 0 Å². The highest BCUT2D eigenvalue weighted by Gasteiger charge is 2.57. The van der Waals surface area contributed by atoms with Crippen molar-refractivity contribution in [2.45, 2.75) is 179 Å². The van der Waals surface area contributed by atoms with Crippen molar-refractivity contribution in [2.75, 3.05) is 0 Å². The molecule has 0 aromatic heterocycles. The molecule has 1 heterocycles. The summed E-state index contributed by atoms with van der Waals surface area (Å²) in [5, 5.41) is -0.116. The van der Waals surface area contributed by atoms with E-state index in [1.54, 1.807) is 12.1 Å². The molecule has 2 fully saturated rings. The smallest absolute Gasteiger partial charge is 0.272 e. The Morgan fingerprint density at radius 3 is 1.89 bits per heavy atom. The summed E-state index contributed by atoms with van der Waals surface area (Å²) in [6.45, 7) is 26.6. The lowest BCUT2D eigenvalue weighted by atomic mass is 9.96. The topological polar surface area (TPSA) is 80.3 Å². The van der Waals surface area contributed by atoms with E-state index in [0.29, 0.717) is 22.2 Å². The second-order valence-electron chi connectivity index (χ2n) is 15.6. The summed E-state index contributed by atoms with van der Waals surface area (Å²) in [5.74, 6) is -0.239. The van der Waals surface area contributed by atoms with E-state index in [9.17, 15) is 8.42 Å². The molecule has 1 aliphatic heterocycles. The van der Waals surface area contributed by atoms with Gasteiger partial charge in [0.25, 0.3) is 10.1 Å². The van der Waals surface area contributed by atoms with Crippen LogP contribution in [0, 0.1) is 0 Å². The van der Waals surface area contributed by atoms with Gasteiger partial charge in [-0.15, -0.1) is 0 Å². The standard InChI is InChI=1S/C34H62O7SSi2/c1-24(2)44(25(3)4,26(5)6)41-30-27(7)37-33(38-29-21-17-14-18-22-29)32(31(30)40-43(11,12)34(8,9)10)39-42(35,36)23-28-19-15-13-16-20-28/h13,15-16,19-20,24-27,29-33H,14,17-18,21-23H2,1-12H3/t27-,30-,31+,32+,33+/m0/s1. The van der Waals surface area contributed by atoms with Gasteiger partial charge in [-0.05, 0) is 60.1 Å². The molecule has 5 atom stereocenters. The van der Waals surface area contributed by atoms with E-state index in [-0.39, 0.29) is 23.0 Å². The zero-order valence-electron chi connectivity index (χ0n) is 29.6. The first kappa shape index (κ1) is 37.9. The third kappa shape index (κ3) is 9.05. The molecule has 1 saturated carbocycles. The Kier molecular flexibility index (Phi) is 13.0. The van der Waals surface area contributed by atoms with E-state index in [0.717, 1.165) is 25.7 Å². The Hall–Kier alpha value is -0.596. The van der Waals surface area contributed by atoms with Gasteiger partial charge in [-0.2, -0.15) is 8.42 Å². The van der Waals surface area contributed by atoms with Crippen LogP contribution in [0.25, 0.3) is 0 Å². The van der Waals surface area contributed by atoms with E-state index in [4.69, 9.17) is 22.5 Å². The highest BCUT2D eigenvalue weighted by atomic mass is 32.2. The highest BCUT2D eigenvalue weighted by Crippen LogP contribution is 2.47. The fourth-order valence-electron chi connectivity index (χ4n) is 7.02. The molecule has 0 bridgehead atoms. The maximum atomic E-state index is 13.8. The molecule has 2 aliphatic rings. The predicted octanol–water partition coefficient (Wildman–Crippen LogP) is 8.95. The second kappa shape index (κ2) is 15.1. The van der Waals surface area contributed by atoms with Crippen LogP contribution in [0.4, 0.5) is 0 Å². The molecule has 254 valence electrons. The number of hydrogen-bond acceptors (Lipinski definition) is 7. The molecule has 0 N–H and O–H groups in total. The highest BCUT2D eigenvalue weighted by molar-refractivity contribution is 7.85. The van der Waals surface area contributed by atoms with Gasteiger partial charge in [0.05, 0.1) is 18.3 Å². The van der Waals surface area contributed by atoms with E-state index in [1.165, 1.54) is 6.42 Å². The Labute approximate surface area is 271 Å². The van der Waals surface area contributed by atoms with E-state index in [1.807, 2.05) is 25.1 Å². The molecular weight excluding hydrogens is 609 g/mol. The molecule has 1 aromatic carbocycles. The van der Waals surface area contributed by atoms with Crippen molar-refractivity contribution in [3.8, 4) is 0 Å². The van der Waals surface area contributed by atoms with Crippen LogP contribution < -0.4 is 0 Å². The predicted molar refractivity (Wildman–Crippen MR) is 184 cm³/mol. The van der Waals surface area contributed by atoms with Crippen molar-refractivity contribution in [3.63, 3.8) is 0 Å². The fourth-order valence-corrected chi connectivity index (χ4v) is 15.1. The van der Waals surface area contributed by atoms with Crippen LogP contribution in [0.1, 0.15) is 107 Å². The van der Waals surface area contributed by atoms with Gasteiger partial charge in [0.2, 0.25) is 8.32 Å². The summed E-state index contributed by atoms with van der Waals surface area (Å²) >= 11 is 0. The maximum absolute atomic E-state index is 13.8. The third-order valence-corrected chi connectivity index (χ3v) is 22.1. The van der Waals surface area contributed by atoms with Crippen LogP contribution in [0.2, 0.25) is 34.8 Å². The largest absolute Gasteiger partial charge is 0.408 e. The van der Waals surface area contributed by atoms with Crippen LogP contribution >= 0.6 is 0 Å². The molecule has 3 rings (SSSR count). The minimum atomic E-state index is -4.03. The maximum Gasteiger partial charge on any atom is 0.272 e. The van der Waals surface area contributed by atoms with Crippen molar-refractivity contribution in [1.29, 1.82) is 0 Å². The molecule has 10 heteroatoms.